The summed E-state index contributed by atoms with van der Waals surface area (Å²) in [6.07, 6.45) is 1.61. The van der Waals surface area contributed by atoms with Crippen LogP contribution in [0.15, 0.2) is 47.6 Å². The van der Waals surface area contributed by atoms with E-state index >= 15 is 0 Å². The second kappa shape index (κ2) is 7.77. The number of aliphatic imine (C=N–C) groups is 1. The third kappa shape index (κ3) is 4.31. The molecule has 0 aliphatic rings. The monoisotopic (exact) mass is 425 g/mol. The predicted molar refractivity (Wildman–Crippen MR) is 97.5 cm³/mol. The number of amidine groups is 1. The van der Waals surface area contributed by atoms with E-state index in [9.17, 15) is 0 Å². The van der Waals surface area contributed by atoms with Gasteiger partial charge in [-0.3, -0.25) is 10.4 Å². The summed E-state index contributed by atoms with van der Waals surface area (Å²) in [7, 11) is 3.34. The quantitative estimate of drug-likeness (QED) is 0.446. The van der Waals surface area contributed by atoms with Gasteiger partial charge >= 0.3 is 0 Å². The van der Waals surface area contributed by atoms with Gasteiger partial charge in [-0.2, -0.15) is 0 Å². The number of hydrogen-bond donors (Lipinski definition) is 2. The Morgan fingerprint density at radius 3 is 2.52 bits per heavy atom. The van der Waals surface area contributed by atoms with Gasteiger partial charge in [0, 0.05) is 31.9 Å². The van der Waals surface area contributed by atoms with Gasteiger partial charge in [0.15, 0.2) is 29.0 Å². The van der Waals surface area contributed by atoms with E-state index < -0.39 is 0 Å². The number of rotatable bonds is 4. The van der Waals surface area contributed by atoms with Crippen LogP contribution in [0, 0.1) is 5.41 Å². The topological polar surface area (TPSA) is 96.8 Å². The minimum absolute atomic E-state index is 0.0780. The molecular formula is C15H16IN5O2. The Hall–Kier alpha value is -2.36. The number of nitrogens with one attached hydrogen (secondary N) is 1. The molecule has 2 rings (SSSR count). The maximum atomic E-state index is 7.49. The van der Waals surface area contributed by atoms with E-state index in [1.807, 2.05) is 12.1 Å². The molecule has 1 aromatic heterocycles. The molecule has 1 heterocycles. The van der Waals surface area contributed by atoms with Crippen LogP contribution >= 0.6 is 23.0 Å². The Morgan fingerprint density at radius 1 is 1.26 bits per heavy atom. The molecule has 0 saturated carbocycles. The van der Waals surface area contributed by atoms with Crippen molar-refractivity contribution in [3.05, 3.63) is 48.2 Å². The first-order valence-electron chi connectivity index (χ1n) is 6.62. The van der Waals surface area contributed by atoms with Crippen LogP contribution in [-0.2, 0) is 0 Å². The molecule has 0 aliphatic carbocycles. The molecule has 1 aromatic carbocycles. The molecule has 2 aromatic rings. The molecule has 0 aliphatic heterocycles. The third-order valence-electron chi connectivity index (χ3n) is 3.02. The van der Waals surface area contributed by atoms with Crippen LogP contribution in [-0.4, -0.2) is 35.8 Å². The van der Waals surface area contributed by atoms with Gasteiger partial charge in [-0.05, 0) is 30.3 Å². The van der Waals surface area contributed by atoms with Gasteiger partial charge in [0.2, 0.25) is 5.88 Å². The highest BCUT2D eigenvalue weighted by molar-refractivity contribution is 14.1. The molecule has 0 unspecified atom stereocenters. The lowest BCUT2D eigenvalue weighted by atomic mass is 10.2. The smallest absolute Gasteiger partial charge is 0.222 e. The average Bonchev–Trinajstić information content (AvgIpc) is 2.57. The fraction of sp³-hybridized carbons (Fsp3) is 0.133. The van der Waals surface area contributed by atoms with Crippen LogP contribution in [0.4, 0.5) is 0 Å². The average molecular weight is 425 g/mol. The SMILES string of the molecule is CN=C(c1ccc(Oc2cc(OI)ccn2)cc1)N(C)C(=N)N. The maximum absolute atomic E-state index is 7.49. The van der Waals surface area contributed by atoms with Crippen LogP contribution in [0.5, 0.6) is 17.4 Å². The van der Waals surface area contributed by atoms with Crippen LogP contribution in [0.3, 0.4) is 0 Å². The van der Waals surface area contributed by atoms with E-state index in [-0.39, 0.29) is 5.96 Å². The number of nitrogens with zero attached hydrogens (tertiary/aromatic N) is 3. The van der Waals surface area contributed by atoms with Crippen molar-refractivity contribution in [2.75, 3.05) is 14.1 Å². The van der Waals surface area contributed by atoms with Crippen LogP contribution in [0.2, 0.25) is 0 Å². The van der Waals surface area contributed by atoms with E-state index in [0.717, 1.165) is 5.56 Å². The van der Waals surface area contributed by atoms with Crippen molar-refractivity contribution in [3.63, 3.8) is 0 Å². The summed E-state index contributed by atoms with van der Waals surface area (Å²) in [5, 5.41) is 7.49. The van der Waals surface area contributed by atoms with Gasteiger partial charge in [0.25, 0.3) is 0 Å². The molecule has 0 saturated heterocycles. The van der Waals surface area contributed by atoms with Crippen molar-refractivity contribution in [2.45, 2.75) is 0 Å². The van der Waals surface area contributed by atoms with Crippen molar-refractivity contribution in [2.24, 2.45) is 10.7 Å². The van der Waals surface area contributed by atoms with Gasteiger partial charge in [-0.1, -0.05) is 0 Å². The van der Waals surface area contributed by atoms with E-state index in [1.54, 1.807) is 67.6 Å². The van der Waals surface area contributed by atoms with Gasteiger partial charge in [0.05, 0.1) is 0 Å². The molecule has 0 amide bonds. The first kappa shape index (κ1) is 17.0. The fourth-order valence-electron chi connectivity index (χ4n) is 1.87. The summed E-state index contributed by atoms with van der Waals surface area (Å²) in [6, 6.07) is 10.7. The third-order valence-corrected chi connectivity index (χ3v) is 3.53. The summed E-state index contributed by atoms with van der Waals surface area (Å²) in [6.45, 7) is 0. The number of nitrogens with two attached hydrogens (primary N) is 1. The number of pyridine rings is 1. The van der Waals surface area contributed by atoms with E-state index in [0.29, 0.717) is 23.2 Å². The van der Waals surface area contributed by atoms with Gasteiger partial charge in [-0.25, -0.2) is 4.98 Å². The van der Waals surface area contributed by atoms with Crippen molar-refractivity contribution in [1.82, 2.24) is 9.88 Å². The Balaban J connectivity index is 2.17. The van der Waals surface area contributed by atoms with Crippen LogP contribution < -0.4 is 13.5 Å². The van der Waals surface area contributed by atoms with Crippen LogP contribution in [0.25, 0.3) is 0 Å². The molecule has 0 atom stereocenters. The lowest BCUT2D eigenvalue weighted by Crippen LogP contribution is -2.38. The zero-order chi connectivity index (χ0) is 16.8. The zero-order valence-corrected chi connectivity index (χ0v) is 14.8. The molecule has 0 radical (unpaired) electrons. The summed E-state index contributed by atoms with van der Waals surface area (Å²) in [5.41, 5.74) is 6.32. The lowest BCUT2D eigenvalue weighted by molar-refractivity contribution is 0.460. The molecule has 120 valence electrons. The Morgan fingerprint density at radius 2 is 1.96 bits per heavy atom. The second-order valence-corrected chi connectivity index (χ2v) is 4.97. The van der Waals surface area contributed by atoms with Crippen molar-refractivity contribution >= 4 is 34.8 Å². The van der Waals surface area contributed by atoms with Crippen molar-refractivity contribution in [3.8, 4) is 17.4 Å². The maximum Gasteiger partial charge on any atom is 0.222 e. The molecule has 0 fully saturated rings. The molecule has 0 bridgehead atoms. The molecule has 7 nitrogen and oxygen atoms in total. The number of guanidine groups is 1. The van der Waals surface area contributed by atoms with Crippen molar-refractivity contribution in [1.29, 1.82) is 5.41 Å². The van der Waals surface area contributed by atoms with Gasteiger partial charge in [0.1, 0.15) is 17.3 Å². The molecule has 0 spiro atoms. The van der Waals surface area contributed by atoms with E-state index in [1.165, 1.54) is 4.90 Å². The fourth-order valence-corrected chi connectivity index (χ4v) is 2.15. The Bertz CT molecular complexity index is 718. The number of benzene rings is 1. The molecule has 23 heavy (non-hydrogen) atoms. The zero-order valence-electron chi connectivity index (χ0n) is 12.7. The first-order chi connectivity index (χ1) is 11.0. The second-order valence-electron chi connectivity index (χ2n) is 4.52. The normalized spacial score (nSPS) is 11.0. The number of aromatic nitrogens is 1. The minimum Gasteiger partial charge on any atom is -0.439 e. The highest BCUT2D eigenvalue weighted by Crippen LogP contribution is 2.24. The minimum atomic E-state index is -0.0780. The number of halogens is 1. The largest absolute Gasteiger partial charge is 0.439 e. The standard InChI is InChI=1S/C15H16IN5O2/c1-19-14(21(2)15(17)18)10-3-5-11(6-4-10)22-13-9-12(23-16)7-8-20-13/h3-9H,1-2H3,(H3,17,18). The number of hydrogen-bond acceptors (Lipinski definition) is 5. The van der Waals surface area contributed by atoms with E-state index in [2.05, 4.69) is 9.98 Å². The summed E-state index contributed by atoms with van der Waals surface area (Å²) in [4.78, 5) is 9.79. The highest BCUT2D eigenvalue weighted by Gasteiger charge is 2.11. The Kier molecular flexibility index (Phi) is 5.74. The van der Waals surface area contributed by atoms with Gasteiger partial charge in [-0.15, -0.1) is 0 Å². The Labute approximate surface area is 148 Å². The number of ether oxygens (including phenoxy) is 1. The lowest BCUT2D eigenvalue weighted by Gasteiger charge is -2.19. The van der Waals surface area contributed by atoms with E-state index in [4.69, 9.17) is 18.9 Å². The van der Waals surface area contributed by atoms with Crippen LogP contribution in [0.1, 0.15) is 5.56 Å². The van der Waals surface area contributed by atoms with Gasteiger partial charge < -0.3 is 18.4 Å². The highest BCUT2D eigenvalue weighted by atomic mass is 127. The predicted octanol–water partition coefficient (Wildman–Crippen LogP) is 2.80. The van der Waals surface area contributed by atoms with Crippen molar-refractivity contribution < 1.29 is 7.80 Å². The molecule has 8 heteroatoms. The summed E-state index contributed by atoms with van der Waals surface area (Å²) >= 11 is 1.80. The molecular weight excluding hydrogens is 409 g/mol. The first-order valence-corrected chi connectivity index (χ1v) is 7.50. The summed E-state index contributed by atoms with van der Waals surface area (Å²) < 4.78 is 10.8. The summed E-state index contributed by atoms with van der Waals surface area (Å²) in [5.74, 6) is 2.26. The molecule has 3 N–H and O–H groups in total.